The van der Waals surface area contributed by atoms with Crippen molar-refractivity contribution in [1.29, 1.82) is 0 Å². The molecule has 28 heavy (non-hydrogen) atoms. The first-order valence-corrected chi connectivity index (χ1v) is 9.49. The van der Waals surface area contributed by atoms with Gasteiger partial charge in [0.05, 0.1) is 11.0 Å². The molecule has 2 heterocycles. The van der Waals surface area contributed by atoms with Gasteiger partial charge < -0.3 is 15.8 Å². The van der Waals surface area contributed by atoms with Gasteiger partial charge in [0.1, 0.15) is 0 Å². The summed E-state index contributed by atoms with van der Waals surface area (Å²) in [6, 6.07) is 12.2. The molecule has 0 unspecified atom stereocenters. The quantitative estimate of drug-likeness (QED) is 0.546. The van der Waals surface area contributed by atoms with E-state index in [1.807, 2.05) is 18.2 Å². The molecule has 1 spiro atoms. The van der Waals surface area contributed by atoms with Crippen molar-refractivity contribution in [1.82, 2.24) is 0 Å². The third kappa shape index (κ3) is 2.99. The number of nitrogens with one attached hydrogen (secondary N) is 1. The molecule has 0 saturated carbocycles. The second kappa shape index (κ2) is 6.87. The number of nitrogens with zero attached hydrogens (tertiary/aromatic N) is 1. The predicted molar refractivity (Wildman–Crippen MR) is 110 cm³/mol. The Morgan fingerprint density at radius 2 is 1.96 bits per heavy atom. The van der Waals surface area contributed by atoms with Crippen LogP contribution in [-0.2, 0) is 14.9 Å². The van der Waals surface area contributed by atoms with E-state index < -0.39 is 5.41 Å². The van der Waals surface area contributed by atoms with Crippen LogP contribution in [0.5, 0.6) is 0 Å². The van der Waals surface area contributed by atoms with Crippen LogP contribution in [-0.4, -0.2) is 30.8 Å². The molecule has 2 aromatic carbocycles. The first kappa shape index (κ1) is 18.4. The van der Waals surface area contributed by atoms with E-state index in [-0.39, 0.29) is 5.91 Å². The number of amidine groups is 2. The molecule has 1 saturated heterocycles. The van der Waals surface area contributed by atoms with E-state index in [9.17, 15) is 4.79 Å². The van der Waals surface area contributed by atoms with Crippen LogP contribution in [0, 0.1) is 6.92 Å². The second-order valence-corrected chi connectivity index (χ2v) is 7.58. The lowest BCUT2D eigenvalue weighted by Crippen LogP contribution is -2.40. The zero-order valence-corrected chi connectivity index (χ0v) is 16.2. The van der Waals surface area contributed by atoms with Gasteiger partial charge in [-0.25, -0.2) is 0 Å². The lowest BCUT2D eigenvalue weighted by Gasteiger charge is -2.31. The van der Waals surface area contributed by atoms with Crippen molar-refractivity contribution in [2.45, 2.75) is 32.1 Å². The molecule has 6 nitrogen and oxygen atoms in total. The number of hydrogen-bond donors (Lipinski definition) is 3. The standard InChI is InChI=1S/C22H24N4O2/c1-13-3-4-16(20(24)25-14(2)23)11-17(13)15-5-6-18-19(12-15)26-21(27)22(18)7-9-28-10-8-22/h3-6,11-12H,7-10H2,1-2H3,(H,26,27)(H3,23,24,25)/p+1. The van der Waals surface area contributed by atoms with Crippen LogP contribution in [0.3, 0.4) is 0 Å². The van der Waals surface area contributed by atoms with Gasteiger partial charge in [0.25, 0.3) is 0 Å². The number of aliphatic imine (C=N–C) groups is 1. The van der Waals surface area contributed by atoms with Gasteiger partial charge in [-0.2, -0.15) is 0 Å². The highest BCUT2D eigenvalue weighted by Gasteiger charge is 2.47. The van der Waals surface area contributed by atoms with Crippen molar-refractivity contribution < 1.29 is 14.9 Å². The molecule has 0 aliphatic carbocycles. The van der Waals surface area contributed by atoms with Crippen molar-refractivity contribution >= 4 is 23.3 Å². The molecular weight excluding hydrogens is 352 g/mol. The molecule has 0 aromatic heterocycles. The van der Waals surface area contributed by atoms with E-state index in [0.29, 0.717) is 24.9 Å². The summed E-state index contributed by atoms with van der Waals surface area (Å²) < 4.78 is 5.48. The maximum Gasteiger partial charge on any atom is 0.323 e. The van der Waals surface area contributed by atoms with E-state index in [1.54, 1.807) is 6.92 Å². The molecule has 0 atom stereocenters. The summed E-state index contributed by atoms with van der Waals surface area (Å²) in [5.41, 5.74) is 11.2. The Morgan fingerprint density at radius 3 is 2.68 bits per heavy atom. The summed E-state index contributed by atoms with van der Waals surface area (Å²) in [5.74, 6) is 0.886. The van der Waals surface area contributed by atoms with Crippen LogP contribution in [0.2, 0.25) is 0 Å². The predicted octanol–water partition coefficient (Wildman–Crippen LogP) is 1.55. The Bertz CT molecular complexity index is 1000. The van der Waals surface area contributed by atoms with E-state index in [2.05, 4.69) is 35.4 Å². The van der Waals surface area contributed by atoms with Crippen molar-refractivity contribution in [3.8, 4) is 11.1 Å². The number of aryl methyl sites for hydroxylation is 1. The van der Waals surface area contributed by atoms with Crippen LogP contribution in [0.15, 0.2) is 41.4 Å². The molecule has 1 fully saturated rings. The summed E-state index contributed by atoms with van der Waals surface area (Å²) in [4.78, 5) is 16.9. The number of ether oxygens (including phenoxy) is 1. The lowest BCUT2D eigenvalue weighted by molar-refractivity contribution is -0.124. The molecule has 144 valence electrons. The number of nitrogens with two attached hydrogens (primary N) is 2. The van der Waals surface area contributed by atoms with Gasteiger partial charge in [-0.1, -0.05) is 18.2 Å². The SMILES string of the molecule is CC(N)=NC(=[NH2+])c1ccc(C)c(-c2ccc3c(c2)NC(=O)C32CCOCC2)c1. The molecule has 2 aromatic rings. The first-order valence-electron chi connectivity index (χ1n) is 9.49. The Kier molecular flexibility index (Phi) is 4.51. The summed E-state index contributed by atoms with van der Waals surface area (Å²) in [6.45, 7) is 4.99. The first-order chi connectivity index (χ1) is 13.4. The number of carbonyl (C=O) groups is 1. The summed E-state index contributed by atoms with van der Waals surface area (Å²) in [7, 11) is 0. The van der Waals surface area contributed by atoms with Gasteiger partial charge >= 0.3 is 5.84 Å². The van der Waals surface area contributed by atoms with Crippen LogP contribution in [0.25, 0.3) is 11.1 Å². The molecule has 0 bridgehead atoms. The Balaban J connectivity index is 1.74. The molecular formula is C22H25N4O2+. The van der Waals surface area contributed by atoms with Gasteiger partial charge in [-0.15, -0.1) is 0 Å². The normalized spacial score (nSPS) is 18.1. The highest BCUT2D eigenvalue weighted by atomic mass is 16.5. The van der Waals surface area contributed by atoms with Crippen LogP contribution in [0.1, 0.15) is 36.5 Å². The number of anilines is 1. The highest BCUT2D eigenvalue weighted by molar-refractivity contribution is 6.07. The fraction of sp³-hybridized carbons (Fsp3) is 0.318. The zero-order chi connectivity index (χ0) is 19.9. The fourth-order valence-electron chi connectivity index (χ4n) is 4.16. The smallest absolute Gasteiger partial charge is 0.323 e. The molecule has 0 radical (unpaired) electrons. The largest absolute Gasteiger partial charge is 0.381 e. The monoisotopic (exact) mass is 377 g/mol. The Labute approximate surface area is 164 Å². The average Bonchev–Trinajstić information content (AvgIpc) is 2.93. The lowest BCUT2D eigenvalue weighted by atomic mass is 9.75. The average molecular weight is 377 g/mol. The van der Waals surface area contributed by atoms with Crippen LogP contribution >= 0.6 is 0 Å². The minimum atomic E-state index is -0.450. The number of amides is 1. The van der Waals surface area contributed by atoms with E-state index >= 15 is 0 Å². The summed E-state index contributed by atoms with van der Waals surface area (Å²) in [5, 5.41) is 9.16. The minimum Gasteiger partial charge on any atom is -0.381 e. The molecule has 2 aliphatic rings. The van der Waals surface area contributed by atoms with Crippen molar-refractivity contribution in [3.63, 3.8) is 0 Å². The van der Waals surface area contributed by atoms with E-state index in [1.165, 1.54) is 0 Å². The van der Waals surface area contributed by atoms with Gasteiger partial charge in [-0.3, -0.25) is 10.2 Å². The number of carbonyl (C=O) groups excluding carboxylic acids is 1. The number of rotatable bonds is 2. The number of fused-ring (bicyclic) bond motifs is 2. The minimum absolute atomic E-state index is 0.0822. The van der Waals surface area contributed by atoms with Crippen LogP contribution < -0.4 is 16.5 Å². The molecule has 4 rings (SSSR count). The molecule has 6 heteroatoms. The summed E-state index contributed by atoms with van der Waals surface area (Å²) in [6.07, 6.45) is 1.45. The van der Waals surface area contributed by atoms with Crippen molar-refractivity contribution in [2.24, 2.45) is 10.7 Å². The van der Waals surface area contributed by atoms with Gasteiger partial charge in [0.2, 0.25) is 11.7 Å². The van der Waals surface area contributed by atoms with Crippen molar-refractivity contribution in [2.75, 3.05) is 18.5 Å². The second-order valence-electron chi connectivity index (χ2n) is 7.58. The van der Waals surface area contributed by atoms with Gasteiger partial charge in [0.15, 0.2) is 0 Å². The fourth-order valence-corrected chi connectivity index (χ4v) is 4.16. The topological polar surface area (TPSA) is 102 Å². The maximum absolute atomic E-state index is 12.8. The van der Waals surface area contributed by atoms with E-state index in [4.69, 9.17) is 15.9 Å². The van der Waals surface area contributed by atoms with Gasteiger partial charge in [-0.05, 0) is 65.2 Å². The highest BCUT2D eigenvalue weighted by Crippen LogP contribution is 2.45. The zero-order valence-electron chi connectivity index (χ0n) is 16.2. The molecule has 1 amide bonds. The van der Waals surface area contributed by atoms with Gasteiger partial charge in [0, 0.05) is 25.8 Å². The molecule has 2 aliphatic heterocycles. The number of benzene rings is 2. The Morgan fingerprint density at radius 1 is 1.21 bits per heavy atom. The third-order valence-corrected chi connectivity index (χ3v) is 5.71. The summed E-state index contributed by atoms with van der Waals surface area (Å²) >= 11 is 0. The van der Waals surface area contributed by atoms with Crippen molar-refractivity contribution in [3.05, 3.63) is 53.1 Å². The van der Waals surface area contributed by atoms with Crippen LogP contribution in [0.4, 0.5) is 5.69 Å². The Hall–Kier alpha value is -2.99. The maximum atomic E-state index is 12.8. The third-order valence-electron chi connectivity index (χ3n) is 5.71. The molecule has 5 N–H and O–H groups in total. The number of hydrogen-bond acceptors (Lipinski definition) is 2. The van der Waals surface area contributed by atoms with E-state index in [0.717, 1.165) is 46.3 Å².